The molecule has 14 heavy (non-hydrogen) atoms. The highest BCUT2D eigenvalue weighted by Gasteiger charge is 2.08. The Morgan fingerprint density at radius 2 is 2.29 bits per heavy atom. The quantitative estimate of drug-likeness (QED) is 0.703. The standard InChI is InChI=1S/C10H15NO2S/c1-8(12)9-4-5-10(13-9)11(2)6-7-14-3/h4-5H,6-7H2,1-3H3. The van der Waals surface area contributed by atoms with Crippen LogP contribution in [0.25, 0.3) is 0 Å². The van der Waals surface area contributed by atoms with Crippen LogP contribution < -0.4 is 4.90 Å². The van der Waals surface area contributed by atoms with Crippen LogP contribution in [0.15, 0.2) is 16.5 Å². The molecule has 0 N–H and O–H groups in total. The van der Waals surface area contributed by atoms with Crippen molar-refractivity contribution in [1.82, 2.24) is 0 Å². The molecular formula is C10H15NO2S. The summed E-state index contributed by atoms with van der Waals surface area (Å²) in [6.45, 7) is 2.43. The summed E-state index contributed by atoms with van der Waals surface area (Å²) in [6.07, 6.45) is 2.07. The predicted molar refractivity (Wildman–Crippen MR) is 60.4 cm³/mol. The van der Waals surface area contributed by atoms with Crippen molar-refractivity contribution in [3.8, 4) is 0 Å². The number of hydrogen-bond donors (Lipinski definition) is 0. The average Bonchev–Trinajstić information content (AvgIpc) is 2.62. The topological polar surface area (TPSA) is 33.5 Å². The van der Waals surface area contributed by atoms with Gasteiger partial charge in [0, 0.05) is 32.3 Å². The summed E-state index contributed by atoms with van der Waals surface area (Å²) < 4.78 is 5.37. The lowest BCUT2D eigenvalue weighted by molar-refractivity contribution is 0.0988. The molecule has 78 valence electrons. The number of Topliss-reactive ketones (excluding diaryl/α,β-unsaturated/α-hetero) is 1. The summed E-state index contributed by atoms with van der Waals surface area (Å²) in [5.74, 6) is 2.20. The van der Waals surface area contributed by atoms with Gasteiger partial charge in [-0.15, -0.1) is 0 Å². The molecule has 1 aromatic heterocycles. The third kappa shape index (κ3) is 2.80. The van der Waals surface area contributed by atoms with Gasteiger partial charge in [0.25, 0.3) is 0 Å². The summed E-state index contributed by atoms with van der Waals surface area (Å²) in [6, 6.07) is 3.55. The number of ketones is 1. The second-order valence-electron chi connectivity index (χ2n) is 3.11. The molecule has 0 bridgehead atoms. The zero-order chi connectivity index (χ0) is 10.6. The summed E-state index contributed by atoms with van der Waals surface area (Å²) >= 11 is 1.79. The fourth-order valence-electron chi connectivity index (χ4n) is 1.06. The number of nitrogens with zero attached hydrogens (tertiary/aromatic N) is 1. The Kier molecular flexibility index (Phi) is 4.07. The molecule has 1 rings (SSSR count). The molecule has 4 heteroatoms. The van der Waals surface area contributed by atoms with E-state index in [1.54, 1.807) is 17.8 Å². The van der Waals surface area contributed by atoms with Gasteiger partial charge in [0.15, 0.2) is 17.4 Å². The van der Waals surface area contributed by atoms with E-state index in [2.05, 4.69) is 6.26 Å². The average molecular weight is 213 g/mol. The Bertz CT molecular complexity index is 309. The lowest BCUT2D eigenvalue weighted by atomic mass is 10.3. The molecule has 0 saturated heterocycles. The summed E-state index contributed by atoms with van der Waals surface area (Å²) in [7, 11) is 1.96. The zero-order valence-electron chi connectivity index (χ0n) is 8.74. The second-order valence-corrected chi connectivity index (χ2v) is 4.09. The Morgan fingerprint density at radius 1 is 1.57 bits per heavy atom. The molecule has 1 heterocycles. The van der Waals surface area contributed by atoms with Gasteiger partial charge in [-0.2, -0.15) is 11.8 Å². The maximum atomic E-state index is 11.0. The molecule has 0 saturated carbocycles. The van der Waals surface area contributed by atoms with Crippen LogP contribution in [0.3, 0.4) is 0 Å². The van der Waals surface area contributed by atoms with Crippen molar-refractivity contribution >= 4 is 23.4 Å². The van der Waals surface area contributed by atoms with Crippen LogP contribution in [0.4, 0.5) is 5.88 Å². The first-order valence-corrected chi connectivity index (χ1v) is 5.85. The van der Waals surface area contributed by atoms with Gasteiger partial charge >= 0.3 is 0 Å². The van der Waals surface area contributed by atoms with E-state index < -0.39 is 0 Å². The number of thioether (sulfide) groups is 1. The summed E-state index contributed by atoms with van der Waals surface area (Å²) in [4.78, 5) is 13.0. The van der Waals surface area contributed by atoms with Crippen LogP contribution in [0.2, 0.25) is 0 Å². The van der Waals surface area contributed by atoms with Gasteiger partial charge in [-0.3, -0.25) is 4.79 Å². The second kappa shape index (κ2) is 5.10. The molecule has 0 amide bonds. The SMILES string of the molecule is CSCCN(C)c1ccc(C(C)=O)o1. The Hall–Kier alpha value is -0.900. The Labute approximate surface area is 88.5 Å². The van der Waals surface area contributed by atoms with E-state index in [-0.39, 0.29) is 5.78 Å². The van der Waals surface area contributed by atoms with Crippen molar-refractivity contribution in [3.05, 3.63) is 17.9 Å². The first-order valence-electron chi connectivity index (χ1n) is 4.46. The van der Waals surface area contributed by atoms with Gasteiger partial charge in [-0.1, -0.05) is 0 Å². The predicted octanol–water partition coefficient (Wildman–Crippen LogP) is 2.28. The summed E-state index contributed by atoms with van der Waals surface area (Å²) in [5, 5.41) is 0. The minimum absolute atomic E-state index is 0.0329. The van der Waals surface area contributed by atoms with Crippen molar-refractivity contribution in [3.63, 3.8) is 0 Å². The van der Waals surface area contributed by atoms with Crippen LogP contribution in [0.1, 0.15) is 17.5 Å². The third-order valence-electron chi connectivity index (χ3n) is 1.95. The maximum Gasteiger partial charge on any atom is 0.196 e. The van der Waals surface area contributed by atoms with E-state index in [1.807, 2.05) is 18.0 Å². The highest BCUT2D eigenvalue weighted by Crippen LogP contribution is 2.17. The first-order chi connectivity index (χ1) is 6.65. The highest BCUT2D eigenvalue weighted by atomic mass is 32.2. The van der Waals surface area contributed by atoms with Crippen LogP contribution in [0.5, 0.6) is 0 Å². The Morgan fingerprint density at radius 3 is 2.79 bits per heavy atom. The van der Waals surface area contributed by atoms with Crippen molar-refractivity contribution in [2.24, 2.45) is 0 Å². The molecule has 0 aromatic carbocycles. The van der Waals surface area contributed by atoms with E-state index in [0.717, 1.165) is 18.2 Å². The molecule has 0 radical (unpaired) electrons. The lowest BCUT2D eigenvalue weighted by Crippen LogP contribution is -2.19. The molecule has 0 aliphatic carbocycles. The van der Waals surface area contributed by atoms with E-state index in [1.165, 1.54) is 6.92 Å². The monoisotopic (exact) mass is 213 g/mol. The number of anilines is 1. The van der Waals surface area contributed by atoms with Gasteiger partial charge < -0.3 is 9.32 Å². The first kappa shape index (κ1) is 11.2. The minimum Gasteiger partial charge on any atom is -0.437 e. The van der Waals surface area contributed by atoms with Crippen LogP contribution in [-0.4, -0.2) is 31.4 Å². The molecule has 0 atom stereocenters. The minimum atomic E-state index is -0.0329. The van der Waals surface area contributed by atoms with E-state index in [4.69, 9.17) is 4.42 Å². The van der Waals surface area contributed by atoms with Crippen molar-refractivity contribution in [1.29, 1.82) is 0 Å². The van der Waals surface area contributed by atoms with Gasteiger partial charge in [-0.25, -0.2) is 0 Å². The third-order valence-corrected chi connectivity index (χ3v) is 2.54. The Balaban J connectivity index is 2.61. The van der Waals surface area contributed by atoms with Crippen LogP contribution in [-0.2, 0) is 0 Å². The van der Waals surface area contributed by atoms with Gasteiger partial charge in [0.2, 0.25) is 0 Å². The number of carbonyl (C=O) groups excluding carboxylic acids is 1. The molecule has 0 fully saturated rings. The van der Waals surface area contributed by atoms with Crippen molar-refractivity contribution < 1.29 is 9.21 Å². The van der Waals surface area contributed by atoms with Crippen molar-refractivity contribution in [2.45, 2.75) is 6.92 Å². The molecule has 3 nitrogen and oxygen atoms in total. The largest absolute Gasteiger partial charge is 0.437 e. The number of carbonyl (C=O) groups is 1. The number of furan rings is 1. The molecule has 0 aliphatic rings. The fraction of sp³-hybridized carbons (Fsp3) is 0.500. The number of hydrogen-bond acceptors (Lipinski definition) is 4. The number of rotatable bonds is 5. The highest BCUT2D eigenvalue weighted by molar-refractivity contribution is 7.98. The van der Waals surface area contributed by atoms with Gasteiger partial charge in [0.1, 0.15) is 0 Å². The van der Waals surface area contributed by atoms with E-state index in [0.29, 0.717) is 5.76 Å². The van der Waals surface area contributed by atoms with E-state index >= 15 is 0 Å². The molecule has 0 unspecified atom stereocenters. The molecular weight excluding hydrogens is 198 g/mol. The lowest BCUT2D eigenvalue weighted by Gasteiger charge is -2.14. The molecule has 1 aromatic rings. The van der Waals surface area contributed by atoms with Crippen LogP contribution in [0, 0.1) is 0 Å². The van der Waals surface area contributed by atoms with Crippen molar-refractivity contribution in [2.75, 3.05) is 30.5 Å². The normalized spacial score (nSPS) is 10.2. The molecule has 0 spiro atoms. The van der Waals surface area contributed by atoms with E-state index in [9.17, 15) is 4.79 Å². The molecule has 0 aliphatic heterocycles. The zero-order valence-corrected chi connectivity index (χ0v) is 9.56. The smallest absolute Gasteiger partial charge is 0.196 e. The summed E-state index contributed by atoms with van der Waals surface area (Å²) in [5.41, 5.74) is 0. The van der Waals surface area contributed by atoms with Gasteiger partial charge in [0.05, 0.1) is 0 Å². The van der Waals surface area contributed by atoms with Gasteiger partial charge in [-0.05, 0) is 12.3 Å². The fourth-order valence-corrected chi connectivity index (χ4v) is 1.52. The van der Waals surface area contributed by atoms with Crippen LogP contribution >= 0.6 is 11.8 Å². The maximum absolute atomic E-state index is 11.0.